The largest absolute Gasteiger partial charge is 0.338 e. The maximum absolute atomic E-state index is 12.9. The molecule has 0 spiro atoms. The first-order valence-corrected chi connectivity index (χ1v) is 10.4. The van der Waals surface area contributed by atoms with Gasteiger partial charge in [0.25, 0.3) is 0 Å². The molecule has 0 aliphatic carbocycles. The number of nitrogens with two attached hydrogens (primary N) is 1. The van der Waals surface area contributed by atoms with Gasteiger partial charge in [0.1, 0.15) is 0 Å². The fourth-order valence-electron chi connectivity index (χ4n) is 3.44. The van der Waals surface area contributed by atoms with E-state index in [9.17, 15) is 18.0 Å². The number of benzene rings is 1. The van der Waals surface area contributed by atoms with E-state index >= 15 is 0 Å². The number of sulfonamides is 1. The number of imidazole rings is 1. The van der Waals surface area contributed by atoms with Crippen LogP contribution in [0, 0.1) is 0 Å². The van der Waals surface area contributed by atoms with Crippen LogP contribution in [0.15, 0.2) is 27.9 Å². The van der Waals surface area contributed by atoms with E-state index in [4.69, 9.17) is 5.73 Å². The standard InChI is InChI=1S/C17H25N5O4S.ClH/c1-3-6-17(2,18)15(23)21-7-9-22(10-8-21)27(25,26)12-4-5-13-14(11-12)20-16(24)19-13;/h4-5,11H,3,6-10,18H2,1-2H3,(H2,19,20,24);1H. The molecule has 0 bridgehead atoms. The first-order valence-electron chi connectivity index (χ1n) is 8.95. The van der Waals surface area contributed by atoms with Crippen molar-refractivity contribution in [2.24, 2.45) is 5.73 Å². The van der Waals surface area contributed by atoms with Crippen molar-refractivity contribution >= 4 is 39.4 Å². The van der Waals surface area contributed by atoms with E-state index in [0.29, 0.717) is 30.5 Å². The summed E-state index contributed by atoms with van der Waals surface area (Å²) < 4.78 is 27.2. The normalized spacial score (nSPS) is 17.9. The molecule has 1 atom stereocenters. The Morgan fingerprint density at radius 3 is 2.39 bits per heavy atom. The number of carbonyl (C=O) groups is 1. The lowest BCUT2D eigenvalue weighted by Crippen LogP contribution is -2.58. The molecule has 0 radical (unpaired) electrons. The number of rotatable bonds is 5. The second kappa shape index (κ2) is 8.24. The number of piperazine rings is 1. The molecule has 0 saturated carbocycles. The Balaban J connectivity index is 0.00000280. The molecule has 1 aliphatic rings. The molecule has 1 aliphatic heterocycles. The number of aromatic amines is 2. The zero-order valence-electron chi connectivity index (χ0n) is 15.9. The van der Waals surface area contributed by atoms with Crippen LogP contribution in [0.3, 0.4) is 0 Å². The highest BCUT2D eigenvalue weighted by molar-refractivity contribution is 7.89. The topological polar surface area (TPSA) is 132 Å². The van der Waals surface area contributed by atoms with Crippen molar-refractivity contribution in [3.63, 3.8) is 0 Å². The van der Waals surface area contributed by atoms with Crippen molar-refractivity contribution in [3.05, 3.63) is 28.7 Å². The van der Waals surface area contributed by atoms with Crippen molar-refractivity contribution in [1.29, 1.82) is 0 Å². The molecule has 2 aromatic rings. The van der Waals surface area contributed by atoms with Gasteiger partial charge >= 0.3 is 5.69 Å². The lowest BCUT2D eigenvalue weighted by molar-refractivity contribution is -0.137. The van der Waals surface area contributed by atoms with Crippen molar-refractivity contribution in [2.45, 2.75) is 37.1 Å². The molecule has 3 rings (SSSR count). The van der Waals surface area contributed by atoms with E-state index in [1.54, 1.807) is 17.9 Å². The average Bonchev–Trinajstić information content (AvgIpc) is 3.00. The van der Waals surface area contributed by atoms with Crippen molar-refractivity contribution in [1.82, 2.24) is 19.2 Å². The highest BCUT2D eigenvalue weighted by atomic mass is 35.5. The third kappa shape index (κ3) is 4.24. The Morgan fingerprint density at radius 2 is 1.79 bits per heavy atom. The first-order chi connectivity index (χ1) is 12.6. The zero-order chi connectivity index (χ0) is 19.8. The fourth-order valence-corrected chi connectivity index (χ4v) is 4.89. The van der Waals surface area contributed by atoms with Gasteiger partial charge in [-0.05, 0) is 31.5 Å². The minimum Gasteiger partial charge on any atom is -0.338 e. The summed E-state index contributed by atoms with van der Waals surface area (Å²) in [4.78, 5) is 30.8. The average molecular weight is 432 g/mol. The minimum absolute atomic E-state index is 0. The summed E-state index contributed by atoms with van der Waals surface area (Å²) in [6.45, 7) is 4.71. The van der Waals surface area contributed by atoms with Crippen LogP contribution in [-0.4, -0.2) is 65.2 Å². The lowest BCUT2D eigenvalue weighted by atomic mass is 9.95. The molecule has 9 nitrogen and oxygen atoms in total. The number of hydrogen-bond donors (Lipinski definition) is 3. The molecule has 1 amide bonds. The van der Waals surface area contributed by atoms with Crippen LogP contribution < -0.4 is 11.4 Å². The molecule has 2 heterocycles. The second-order valence-electron chi connectivity index (χ2n) is 7.15. The number of carbonyl (C=O) groups excluding carboxylic acids is 1. The maximum Gasteiger partial charge on any atom is 0.323 e. The Morgan fingerprint density at radius 1 is 1.18 bits per heavy atom. The SMILES string of the molecule is CCCC(C)(N)C(=O)N1CCN(S(=O)(=O)c2ccc3[nH]c(=O)[nH]c3c2)CC1.Cl. The monoisotopic (exact) mass is 431 g/mol. The number of nitrogens with zero attached hydrogens (tertiary/aromatic N) is 2. The lowest BCUT2D eigenvalue weighted by Gasteiger charge is -2.37. The molecule has 1 fully saturated rings. The number of H-pyrrole nitrogens is 2. The van der Waals surface area contributed by atoms with Gasteiger partial charge in [-0.1, -0.05) is 13.3 Å². The summed E-state index contributed by atoms with van der Waals surface area (Å²) in [5, 5.41) is 0. The van der Waals surface area contributed by atoms with Crippen LogP contribution >= 0.6 is 12.4 Å². The molecule has 28 heavy (non-hydrogen) atoms. The number of amides is 1. The third-order valence-corrected chi connectivity index (χ3v) is 6.80. The summed E-state index contributed by atoms with van der Waals surface area (Å²) in [6.07, 6.45) is 1.38. The minimum atomic E-state index is -3.71. The van der Waals surface area contributed by atoms with Gasteiger partial charge in [-0.25, -0.2) is 13.2 Å². The predicted molar refractivity (Wildman–Crippen MR) is 109 cm³/mol. The molecule has 11 heteroatoms. The highest BCUT2D eigenvalue weighted by Gasteiger charge is 2.36. The van der Waals surface area contributed by atoms with Gasteiger partial charge in [0.05, 0.1) is 21.5 Å². The van der Waals surface area contributed by atoms with E-state index in [1.807, 2.05) is 6.92 Å². The summed E-state index contributed by atoms with van der Waals surface area (Å²) in [5.74, 6) is -0.146. The van der Waals surface area contributed by atoms with E-state index in [2.05, 4.69) is 9.97 Å². The number of halogens is 1. The second-order valence-corrected chi connectivity index (χ2v) is 9.09. The van der Waals surface area contributed by atoms with Crippen LogP contribution in [0.1, 0.15) is 26.7 Å². The first kappa shape index (κ1) is 22.4. The van der Waals surface area contributed by atoms with Crippen LogP contribution in [0.25, 0.3) is 11.0 Å². The predicted octanol–water partition coefficient (Wildman–Crippen LogP) is 0.628. The summed E-state index contributed by atoms with van der Waals surface area (Å²) in [7, 11) is -3.71. The molecular formula is C17H26ClN5O4S. The van der Waals surface area contributed by atoms with Gasteiger partial charge in [0.2, 0.25) is 15.9 Å². The van der Waals surface area contributed by atoms with Gasteiger partial charge < -0.3 is 20.6 Å². The summed E-state index contributed by atoms with van der Waals surface area (Å²) in [5.41, 5.74) is 5.78. The highest BCUT2D eigenvalue weighted by Crippen LogP contribution is 2.22. The molecule has 1 saturated heterocycles. The molecule has 1 unspecified atom stereocenters. The van der Waals surface area contributed by atoms with Gasteiger partial charge in [-0.2, -0.15) is 4.31 Å². The molecular weight excluding hydrogens is 406 g/mol. The van der Waals surface area contributed by atoms with E-state index in [0.717, 1.165) is 6.42 Å². The van der Waals surface area contributed by atoms with Crippen LogP contribution in [-0.2, 0) is 14.8 Å². The smallest absolute Gasteiger partial charge is 0.323 e. The number of nitrogens with one attached hydrogen (secondary N) is 2. The van der Waals surface area contributed by atoms with Crippen molar-refractivity contribution < 1.29 is 13.2 Å². The Kier molecular flexibility index (Phi) is 6.59. The Hall–Kier alpha value is -1.88. The zero-order valence-corrected chi connectivity index (χ0v) is 17.5. The Bertz CT molecular complexity index is 1010. The molecule has 1 aromatic carbocycles. The summed E-state index contributed by atoms with van der Waals surface area (Å²) >= 11 is 0. The van der Waals surface area contributed by atoms with Crippen LogP contribution in [0.2, 0.25) is 0 Å². The quantitative estimate of drug-likeness (QED) is 0.638. The molecule has 4 N–H and O–H groups in total. The van der Waals surface area contributed by atoms with Gasteiger partial charge in [-0.15, -0.1) is 12.4 Å². The maximum atomic E-state index is 12.9. The van der Waals surface area contributed by atoms with Gasteiger partial charge in [0, 0.05) is 26.2 Å². The van der Waals surface area contributed by atoms with E-state index in [1.165, 1.54) is 16.4 Å². The Labute approximate surface area is 169 Å². The molecule has 1 aromatic heterocycles. The van der Waals surface area contributed by atoms with Crippen molar-refractivity contribution in [2.75, 3.05) is 26.2 Å². The third-order valence-electron chi connectivity index (χ3n) is 4.91. The number of aromatic nitrogens is 2. The number of hydrogen-bond acceptors (Lipinski definition) is 5. The van der Waals surface area contributed by atoms with Gasteiger partial charge in [0.15, 0.2) is 0 Å². The number of fused-ring (bicyclic) bond motifs is 1. The van der Waals surface area contributed by atoms with Crippen molar-refractivity contribution in [3.8, 4) is 0 Å². The molecule has 156 valence electrons. The van der Waals surface area contributed by atoms with E-state index in [-0.39, 0.29) is 42.0 Å². The van der Waals surface area contributed by atoms with Crippen LogP contribution in [0.5, 0.6) is 0 Å². The van der Waals surface area contributed by atoms with Crippen LogP contribution in [0.4, 0.5) is 0 Å². The fraction of sp³-hybridized carbons (Fsp3) is 0.529. The van der Waals surface area contributed by atoms with Gasteiger partial charge in [-0.3, -0.25) is 4.79 Å². The summed E-state index contributed by atoms with van der Waals surface area (Å²) in [6, 6.07) is 4.47. The van der Waals surface area contributed by atoms with E-state index < -0.39 is 15.6 Å².